The predicted molar refractivity (Wildman–Crippen MR) is 68.8 cm³/mol. The number of Topliss-reactive ketones (excluding diaryl/α,β-unsaturated/α-hetero) is 1. The first-order valence-corrected chi connectivity index (χ1v) is 6.77. The van der Waals surface area contributed by atoms with Crippen molar-refractivity contribution >= 4 is 11.8 Å². The highest BCUT2D eigenvalue weighted by molar-refractivity contribution is 5.77. The van der Waals surface area contributed by atoms with Crippen molar-refractivity contribution in [1.29, 1.82) is 0 Å². The number of carbonyl (C=O) groups is 2. The van der Waals surface area contributed by atoms with E-state index in [4.69, 9.17) is 4.74 Å². The molecule has 0 aliphatic rings. The summed E-state index contributed by atoms with van der Waals surface area (Å²) in [4.78, 5) is 22.6. The second-order valence-electron chi connectivity index (χ2n) is 4.54. The van der Waals surface area contributed by atoms with E-state index in [1.165, 1.54) is 12.8 Å². The molecule has 17 heavy (non-hydrogen) atoms. The van der Waals surface area contributed by atoms with E-state index in [2.05, 4.69) is 6.92 Å². The first-order valence-electron chi connectivity index (χ1n) is 6.77. The topological polar surface area (TPSA) is 43.4 Å². The van der Waals surface area contributed by atoms with Crippen molar-refractivity contribution < 1.29 is 14.3 Å². The van der Waals surface area contributed by atoms with E-state index in [0.717, 1.165) is 19.3 Å². The molecular weight excluding hydrogens is 216 g/mol. The van der Waals surface area contributed by atoms with Crippen LogP contribution in [0.3, 0.4) is 0 Å². The van der Waals surface area contributed by atoms with Gasteiger partial charge in [-0.2, -0.15) is 0 Å². The highest BCUT2D eigenvalue weighted by Crippen LogP contribution is 2.18. The summed E-state index contributed by atoms with van der Waals surface area (Å²) in [5, 5.41) is 0. The monoisotopic (exact) mass is 242 g/mol. The van der Waals surface area contributed by atoms with Crippen LogP contribution in [0, 0.1) is 5.92 Å². The van der Waals surface area contributed by atoms with Crippen LogP contribution in [-0.4, -0.2) is 18.4 Å². The Morgan fingerprint density at radius 2 is 1.76 bits per heavy atom. The van der Waals surface area contributed by atoms with Crippen LogP contribution in [0.15, 0.2) is 0 Å². The molecular formula is C14H26O3. The Balaban J connectivity index is 4.00. The summed E-state index contributed by atoms with van der Waals surface area (Å²) in [6.45, 7) is 5.97. The van der Waals surface area contributed by atoms with Gasteiger partial charge in [-0.3, -0.25) is 4.79 Å². The number of hydrogen-bond acceptors (Lipinski definition) is 3. The Morgan fingerprint density at radius 1 is 1.06 bits per heavy atom. The number of carbonyl (C=O) groups excluding carboxylic acids is 2. The first kappa shape index (κ1) is 16.1. The molecule has 0 bridgehead atoms. The van der Waals surface area contributed by atoms with Gasteiger partial charge in [0.25, 0.3) is 0 Å². The first-order chi connectivity index (χ1) is 8.11. The molecule has 0 rings (SSSR count). The number of esters is 1. The lowest BCUT2D eigenvalue weighted by atomic mass is 9.95. The fraction of sp³-hybridized carbons (Fsp3) is 0.857. The quantitative estimate of drug-likeness (QED) is 0.435. The van der Waals surface area contributed by atoms with E-state index in [9.17, 15) is 9.59 Å². The van der Waals surface area contributed by atoms with Crippen LogP contribution in [0.2, 0.25) is 0 Å². The smallest absolute Gasteiger partial charge is 0.308 e. The standard InChI is InChI=1S/C14H26O3/c1-4-6-7-8-9-13(11-10-12(3)15)14(16)17-5-2/h13H,4-11H2,1-3H3/t13-/m0/s1. The average Bonchev–Trinajstić information content (AvgIpc) is 2.28. The van der Waals surface area contributed by atoms with Crippen molar-refractivity contribution in [2.75, 3.05) is 6.61 Å². The van der Waals surface area contributed by atoms with Crippen molar-refractivity contribution in [3.63, 3.8) is 0 Å². The van der Waals surface area contributed by atoms with Crippen LogP contribution in [0.1, 0.15) is 65.7 Å². The van der Waals surface area contributed by atoms with E-state index in [0.29, 0.717) is 19.4 Å². The van der Waals surface area contributed by atoms with Crippen LogP contribution < -0.4 is 0 Å². The van der Waals surface area contributed by atoms with Gasteiger partial charge < -0.3 is 9.53 Å². The lowest BCUT2D eigenvalue weighted by Gasteiger charge is -2.14. The highest BCUT2D eigenvalue weighted by Gasteiger charge is 2.19. The van der Waals surface area contributed by atoms with Gasteiger partial charge >= 0.3 is 5.97 Å². The van der Waals surface area contributed by atoms with E-state index in [1.54, 1.807) is 6.92 Å². The van der Waals surface area contributed by atoms with Crippen LogP contribution in [0.25, 0.3) is 0 Å². The summed E-state index contributed by atoms with van der Waals surface area (Å²) < 4.78 is 5.04. The Hall–Kier alpha value is -0.860. The zero-order valence-electron chi connectivity index (χ0n) is 11.5. The molecule has 0 saturated heterocycles. The van der Waals surface area contributed by atoms with E-state index >= 15 is 0 Å². The molecule has 0 aromatic carbocycles. The average molecular weight is 242 g/mol. The number of ether oxygens (including phenoxy) is 1. The van der Waals surface area contributed by atoms with Crippen LogP contribution >= 0.6 is 0 Å². The van der Waals surface area contributed by atoms with Gasteiger partial charge in [0.2, 0.25) is 0 Å². The van der Waals surface area contributed by atoms with Gasteiger partial charge in [0.15, 0.2) is 0 Å². The Bertz CT molecular complexity index is 224. The molecule has 0 aromatic rings. The fourth-order valence-electron chi connectivity index (χ4n) is 1.84. The molecule has 0 N–H and O–H groups in total. The van der Waals surface area contributed by atoms with E-state index < -0.39 is 0 Å². The maximum absolute atomic E-state index is 11.7. The van der Waals surface area contributed by atoms with Crippen LogP contribution in [-0.2, 0) is 14.3 Å². The van der Waals surface area contributed by atoms with Gasteiger partial charge in [0.1, 0.15) is 5.78 Å². The van der Waals surface area contributed by atoms with Crippen molar-refractivity contribution in [2.24, 2.45) is 5.92 Å². The predicted octanol–water partition coefficient (Wildman–Crippen LogP) is 3.51. The zero-order valence-corrected chi connectivity index (χ0v) is 11.5. The molecule has 3 nitrogen and oxygen atoms in total. The van der Waals surface area contributed by atoms with Crippen LogP contribution in [0.4, 0.5) is 0 Å². The van der Waals surface area contributed by atoms with Gasteiger partial charge in [-0.25, -0.2) is 0 Å². The van der Waals surface area contributed by atoms with Gasteiger partial charge in [-0.1, -0.05) is 32.6 Å². The van der Waals surface area contributed by atoms with Gasteiger partial charge in [0.05, 0.1) is 12.5 Å². The summed E-state index contributed by atoms with van der Waals surface area (Å²) in [7, 11) is 0. The van der Waals surface area contributed by atoms with Crippen molar-refractivity contribution in [3.8, 4) is 0 Å². The Morgan fingerprint density at radius 3 is 2.29 bits per heavy atom. The number of rotatable bonds is 10. The minimum Gasteiger partial charge on any atom is -0.466 e. The molecule has 100 valence electrons. The van der Waals surface area contributed by atoms with E-state index in [1.807, 2.05) is 6.92 Å². The second kappa shape index (κ2) is 10.3. The third-order valence-electron chi connectivity index (χ3n) is 2.87. The molecule has 0 aromatic heterocycles. The van der Waals surface area contributed by atoms with Gasteiger partial charge in [0, 0.05) is 6.42 Å². The van der Waals surface area contributed by atoms with Crippen molar-refractivity contribution in [2.45, 2.75) is 65.7 Å². The van der Waals surface area contributed by atoms with Gasteiger partial charge in [-0.15, -0.1) is 0 Å². The maximum atomic E-state index is 11.7. The molecule has 0 radical (unpaired) electrons. The molecule has 0 unspecified atom stereocenters. The number of ketones is 1. The highest BCUT2D eigenvalue weighted by atomic mass is 16.5. The molecule has 0 aliphatic heterocycles. The summed E-state index contributed by atoms with van der Waals surface area (Å²) in [6.07, 6.45) is 6.59. The number of hydrogen-bond donors (Lipinski definition) is 0. The third-order valence-corrected chi connectivity index (χ3v) is 2.87. The minimum absolute atomic E-state index is 0.0873. The molecule has 0 saturated carbocycles. The summed E-state index contributed by atoms with van der Waals surface area (Å²) in [5.41, 5.74) is 0. The molecule has 0 spiro atoms. The van der Waals surface area contributed by atoms with Gasteiger partial charge in [-0.05, 0) is 26.7 Å². The van der Waals surface area contributed by atoms with E-state index in [-0.39, 0.29) is 17.7 Å². The second-order valence-corrected chi connectivity index (χ2v) is 4.54. The fourth-order valence-corrected chi connectivity index (χ4v) is 1.84. The lowest BCUT2D eigenvalue weighted by Crippen LogP contribution is -2.18. The Kier molecular flexibility index (Phi) is 9.78. The molecule has 0 amide bonds. The lowest BCUT2D eigenvalue weighted by molar-refractivity contribution is -0.148. The molecule has 0 heterocycles. The van der Waals surface area contributed by atoms with Crippen molar-refractivity contribution in [3.05, 3.63) is 0 Å². The molecule has 0 fully saturated rings. The van der Waals surface area contributed by atoms with Crippen molar-refractivity contribution in [1.82, 2.24) is 0 Å². The molecule has 0 aliphatic carbocycles. The molecule has 3 heteroatoms. The SMILES string of the molecule is CCCCCC[C@@H](CCC(C)=O)C(=O)OCC. The third kappa shape index (κ3) is 8.90. The minimum atomic E-state index is -0.134. The summed E-state index contributed by atoms with van der Waals surface area (Å²) in [5.74, 6) is -0.0752. The molecule has 1 atom stereocenters. The largest absolute Gasteiger partial charge is 0.466 e. The maximum Gasteiger partial charge on any atom is 0.308 e. The Labute approximate surface area is 105 Å². The zero-order chi connectivity index (χ0) is 13.1. The normalized spacial score (nSPS) is 12.2. The summed E-state index contributed by atoms with van der Waals surface area (Å²) in [6, 6.07) is 0. The van der Waals surface area contributed by atoms with Crippen LogP contribution in [0.5, 0.6) is 0 Å². The summed E-state index contributed by atoms with van der Waals surface area (Å²) >= 11 is 0. The number of unbranched alkanes of at least 4 members (excludes halogenated alkanes) is 3.